The minimum atomic E-state index is -4.27. The third-order valence-electron chi connectivity index (χ3n) is 3.03. The number of aromatic nitrogens is 1. The zero-order valence-corrected chi connectivity index (χ0v) is 13.0. The van der Waals surface area contributed by atoms with Crippen molar-refractivity contribution < 1.29 is 13.2 Å². The lowest BCUT2D eigenvalue weighted by atomic mass is 10.1. The van der Waals surface area contributed by atoms with Gasteiger partial charge < -0.3 is 10.6 Å². The molecule has 114 valence electrons. The Balaban J connectivity index is 2.55. The molecule has 2 rings (SSSR count). The van der Waals surface area contributed by atoms with Gasteiger partial charge in [-0.3, -0.25) is 4.98 Å². The van der Waals surface area contributed by atoms with Gasteiger partial charge in [0, 0.05) is 28.3 Å². The summed E-state index contributed by atoms with van der Waals surface area (Å²) in [6, 6.07) is 4.98. The van der Waals surface area contributed by atoms with E-state index < -0.39 is 12.7 Å². The van der Waals surface area contributed by atoms with E-state index in [1.165, 1.54) is 4.90 Å². The number of rotatable bonds is 4. The highest BCUT2D eigenvalue weighted by molar-refractivity contribution is 9.10. The second kappa shape index (κ2) is 6.09. The number of fused-ring (bicyclic) bond motifs is 1. The number of hydrogen-bond acceptors (Lipinski definition) is 3. The maximum Gasteiger partial charge on any atom is 0.405 e. The van der Waals surface area contributed by atoms with Crippen molar-refractivity contribution in [2.45, 2.75) is 19.5 Å². The van der Waals surface area contributed by atoms with Crippen LogP contribution < -0.4 is 10.6 Å². The standard InChI is InChI=1S/C14H15BrF3N3/c1-2-5-21(8-14(16,17)18)12-4-3-11(19)10-6-9(15)7-20-13(10)12/h3-4,6-7H,2,5,8,19H2,1H3. The molecule has 0 saturated carbocycles. The number of alkyl halides is 3. The van der Waals surface area contributed by atoms with Crippen LogP contribution in [-0.2, 0) is 0 Å². The second-order valence-corrected chi connectivity index (χ2v) is 5.68. The van der Waals surface area contributed by atoms with Crippen LogP contribution >= 0.6 is 15.9 Å². The molecule has 1 heterocycles. The molecule has 1 aromatic heterocycles. The van der Waals surface area contributed by atoms with Gasteiger partial charge >= 0.3 is 6.18 Å². The maximum atomic E-state index is 12.8. The van der Waals surface area contributed by atoms with Gasteiger partial charge in [0.05, 0.1) is 11.2 Å². The normalized spacial score (nSPS) is 11.9. The highest BCUT2D eigenvalue weighted by Gasteiger charge is 2.31. The summed E-state index contributed by atoms with van der Waals surface area (Å²) in [5, 5.41) is 0.644. The summed E-state index contributed by atoms with van der Waals surface area (Å²) in [6.45, 7) is 1.14. The van der Waals surface area contributed by atoms with E-state index in [9.17, 15) is 13.2 Å². The first-order valence-electron chi connectivity index (χ1n) is 6.47. The Kier molecular flexibility index (Phi) is 4.61. The molecule has 21 heavy (non-hydrogen) atoms. The molecule has 0 aliphatic heterocycles. The highest BCUT2D eigenvalue weighted by atomic mass is 79.9. The maximum absolute atomic E-state index is 12.8. The summed E-state index contributed by atoms with van der Waals surface area (Å²) < 4.78 is 39.0. The lowest BCUT2D eigenvalue weighted by molar-refractivity contribution is -0.119. The van der Waals surface area contributed by atoms with E-state index in [1.807, 2.05) is 6.92 Å². The quantitative estimate of drug-likeness (QED) is 0.822. The van der Waals surface area contributed by atoms with E-state index in [1.54, 1.807) is 24.4 Å². The monoisotopic (exact) mass is 361 g/mol. The first kappa shape index (κ1) is 15.9. The lowest BCUT2D eigenvalue weighted by Crippen LogP contribution is -2.35. The Morgan fingerprint density at radius 1 is 1.33 bits per heavy atom. The van der Waals surface area contributed by atoms with Gasteiger partial charge in [0.2, 0.25) is 0 Å². The smallest absolute Gasteiger partial charge is 0.398 e. The van der Waals surface area contributed by atoms with Crippen LogP contribution in [0.4, 0.5) is 24.5 Å². The predicted molar refractivity (Wildman–Crippen MR) is 82.4 cm³/mol. The van der Waals surface area contributed by atoms with Crippen LogP contribution in [0.5, 0.6) is 0 Å². The Labute approximate surface area is 129 Å². The molecule has 2 N–H and O–H groups in total. The molecular formula is C14H15BrF3N3. The van der Waals surface area contributed by atoms with E-state index in [0.717, 1.165) is 4.47 Å². The third kappa shape index (κ3) is 3.78. The molecule has 7 heteroatoms. The molecule has 0 amide bonds. The Morgan fingerprint density at radius 3 is 2.67 bits per heavy atom. The van der Waals surface area contributed by atoms with Crippen molar-refractivity contribution in [3.63, 3.8) is 0 Å². The van der Waals surface area contributed by atoms with Gasteiger partial charge in [0.25, 0.3) is 0 Å². The van der Waals surface area contributed by atoms with Gasteiger partial charge in [-0.15, -0.1) is 0 Å². The van der Waals surface area contributed by atoms with Crippen LogP contribution in [0.2, 0.25) is 0 Å². The van der Waals surface area contributed by atoms with Gasteiger partial charge in [0.15, 0.2) is 0 Å². The van der Waals surface area contributed by atoms with Gasteiger partial charge in [-0.1, -0.05) is 6.92 Å². The van der Waals surface area contributed by atoms with Crippen LogP contribution in [0, 0.1) is 0 Å². The molecule has 0 atom stereocenters. The largest absolute Gasteiger partial charge is 0.405 e. The minimum absolute atomic E-state index is 0.302. The predicted octanol–water partition coefficient (Wildman–Crippen LogP) is 4.36. The van der Waals surface area contributed by atoms with Gasteiger partial charge in [-0.25, -0.2) is 0 Å². The van der Waals surface area contributed by atoms with Crippen LogP contribution in [0.1, 0.15) is 13.3 Å². The average molecular weight is 362 g/mol. The second-order valence-electron chi connectivity index (χ2n) is 4.76. The van der Waals surface area contributed by atoms with Crippen molar-refractivity contribution in [1.29, 1.82) is 0 Å². The SMILES string of the molecule is CCCN(CC(F)(F)F)c1ccc(N)c2cc(Br)cnc12. The zero-order chi connectivity index (χ0) is 15.6. The van der Waals surface area contributed by atoms with Crippen molar-refractivity contribution in [2.24, 2.45) is 0 Å². The first-order valence-corrected chi connectivity index (χ1v) is 7.26. The molecule has 2 aromatic rings. The van der Waals surface area contributed by atoms with Crippen LogP contribution in [0.15, 0.2) is 28.9 Å². The number of halogens is 4. The molecule has 0 bridgehead atoms. The van der Waals surface area contributed by atoms with Gasteiger partial charge in [-0.2, -0.15) is 13.2 Å². The number of hydrogen-bond donors (Lipinski definition) is 1. The molecule has 0 unspecified atom stereocenters. The van der Waals surface area contributed by atoms with Crippen molar-refractivity contribution in [3.8, 4) is 0 Å². The number of benzene rings is 1. The van der Waals surface area contributed by atoms with Crippen molar-refractivity contribution in [1.82, 2.24) is 4.98 Å². The molecule has 0 radical (unpaired) electrons. The summed E-state index contributed by atoms with van der Waals surface area (Å²) >= 11 is 3.30. The zero-order valence-electron chi connectivity index (χ0n) is 11.4. The van der Waals surface area contributed by atoms with Gasteiger partial charge in [-0.05, 0) is 40.5 Å². The fraction of sp³-hybridized carbons (Fsp3) is 0.357. The highest BCUT2D eigenvalue weighted by Crippen LogP contribution is 2.32. The van der Waals surface area contributed by atoms with E-state index >= 15 is 0 Å². The molecule has 1 aromatic carbocycles. The van der Waals surface area contributed by atoms with Crippen LogP contribution in [-0.4, -0.2) is 24.2 Å². The van der Waals surface area contributed by atoms with Crippen molar-refractivity contribution >= 4 is 38.2 Å². The summed E-state index contributed by atoms with van der Waals surface area (Å²) in [4.78, 5) is 5.53. The minimum Gasteiger partial charge on any atom is -0.398 e. The number of anilines is 2. The summed E-state index contributed by atoms with van der Waals surface area (Å²) in [7, 11) is 0. The number of nitrogens with zero attached hydrogens (tertiary/aromatic N) is 2. The first-order chi connectivity index (χ1) is 9.81. The van der Waals surface area contributed by atoms with Crippen molar-refractivity contribution in [2.75, 3.05) is 23.7 Å². The Bertz CT molecular complexity index is 643. The Morgan fingerprint density at radius 2 is 2.05 bits per heavy atom. The van der Waals surface area contributed by atoms with E-state index in [0.29, 0.717) is 35.2 Å². The third-order valence-corrected chi connectivity index (χ3v) is 3.47. The molecule has 3 nitrogen and oxygen atoms in total. The lowest BCUT2D eigenvalue weighted by Gasteiger charge is -2.26. The Hall–Kier alpha value is -1.50. The number of nitrogen functional groups attached to an aromatic ring is 1. The fourth-order valence-electron chi connectivity index (χ4n) is 2.23. The van der Waals surface area contributed by atoms with Crippen LogP contribution in [0.3, 0.4) is 0 Å². The topological polar surface area (TPSA) is 42.1 Å². The molecule has 0 fully saturated rings. The molecule has 0 spiro atoms. The van der Waals surface area contributed by atoms with Gasteiger partial charge in [0.1, 0.15) is 6.54 Å². The number of nitrogens with two attached hydrogens (primary N) is 1. The van der Waals surface area contributed by atoms with E-state index in [2.05, 4.69) is 20.9 Å². The van der Waals surface area contributed by atoms with E-state index in [4.69, 9.17) is 5.73 Å². The van der Waals surface area contributed by atoms with Crippen molar-refractivity contribution in [3.05, 3.63) is 28.9 Å². The molecule has 0 aliphatic rings. The summed E-state index contributed by atoms with van der Waals surface area (Å²) in [5.74, 6) is 0. The average Bonchev–Trinajstić information content (AvgIpc) is 2.38. The van der Waals surface area contributed by atoms with Crippen LogP contribution in [0.25, 0.3) is 10.9 Å². The van der Waals surface area contributed by atoms with E-state index in [-0.39, 0.29) is 0 Å². The molecule has 0 aliphatic carbocycles. The molecule has 0 saturated heterocycles. The summed E-state index contributed by atoms with van der Waals surface area (Å²) in [5.41, 5.74) is 7.32. The fourth-order valence-corrected chi connectivity index (χ4v) is 2.56. The molecular weight excluding hydrogens is 347 g/mol. The summed E-state index contributed by atoms with van der Waals surface area (Å²) in [6.07, 6.45) is -2.10. The number of pyridine rings is 1.